The highest BCUT2D eigenvalue weighted by atomic mass is 35.5. The highest BCUT2D eigenvalue weighted by Gasteiger charge is 2.28. The zero-order valence-electron chi connectivity index (χ0n) is 12.7. The maximum atomic E-state index is 12.1. The number of carbonyl (C=O) groups excluding carboxylic acids is 1. The van der Waals surface area contributed by atoms with Crippen LogP contribution in [-0.2, 0) is 19.6 Å². The van der Waals surface area contributed by atoms with Gasteiger partial charge in [0.2, 0.25) is 10.0 Å². The Balaban J connectivity index is 2.88. The fourth-order valence-corrected chi connectivity index (χ4v) is 2.94. The first-order valence-electron chi connectivity index (χ1n) is 6.83. The van der Waals surface area contributed by atoms with Gasteiger partial charge >= 0.3 is 5.97 Å². The number of nitrogens with one attached hydrogen (secondary N) is 1. The summed E-state index contributed by atoms with van der Waals surface area (Å²) in [7, 11) is -2.53. The van der Waals surface area contributed by atoms with Crippen molar-refractivity contribution in [2.75, 3.05) is 7.11 Å². The maximum Gasteiger partial charge on any atom is 0.324 e. The minimum atomic E-state index is -3.76. The van der Waals surface area contributed by atoms with Crippen LogP contribution in [0.3, 0.4) is 0 Å². The van der Waals surface area contributed by atoms with Gasteiger partial charge in [-0.2, -0.15) is 4.72 Å². The van der Waals surface area contributed by atoms with Crippen molar-refractivity contribution in [3.05, 3.63) is 40.3 Å². The van der Waals surface area contributed by atoms with E-state index in [4.69, 9.17) is 11.6 Å². The van der Waals surface area contributed by atoms with Gasteiger partial charge in [-0.05, 0) is 29.7 Å². The van der Waals surface area contributed by atoms with E-state index in [1.54, 1.807) is 31.2 Å². The van der Waals surface area contributed by atoms with Crippen LogP contribution in [0.5, 0.6) is 0 Å². The summed E-state index contributed by atoms with van der Waals surface area (Å²) in [5, 5.41) is 1.59. The van der Waals surface area contributed by atoms with Gasteiger partial charge in [-0.1, -0.05) is 44.0 Å². The predicted molar refractivity (Wildman–Crippen MR) is 87.8 cm³/mol. The summed E-state index contributed by atoms with van der Waals surface area (Å²) in [6.07, 6.45) is 2.08. The van der Waals surface area contributed by atoms with Crippen LogP contribution in [0.1, 0.15) is 25.8 Å². The molecule has 1 aromatic carbocycles. The van der Waals surface area contributed by atoms with Crippen molar-refractivity contribution in [1.29, 1.82) is 0 Å². The summed E-state index contributed by atoms with van der Waals surface area (Å²) in [5.74, 6) is -0.774. The summed E-state index contributed by atoms with van der Waals surface area (Å²) < 4.78 is 31.2. The first-order valence-corrected chi connectivity index (χ1v) is 8.75. The molecule has 0 fully saturated rings. The second-order valence-corrected chi connectivity index (χ2v) is 6.94. The number of carbonyl (C=O) groups is 1. The second kappa shape index (κ2) is 8.31. The van der Waals surface area contributed by atoms with Crippen molar-refractivity contribution in [3.63, 3.8) is 0 Å². The molecule has 0 saturated heterocycles. The van der Waals surface area contributed by atoms with Crippen molar-refractivity contribution in [3.8, 4) is 0 Å². The van der Waals surface area contributed by atoms with Crippen molar-refractivity contribution < 1.29 is 17.9 Å². The summed E-state index contributed by atoms with van der Waals surface area (Å²) in [5.41, 5.74) is 0.688. The number of hydrogen-bond donors (Lipinski definition) is 1. The van der Waals surface area contributed by atoms with Crippen LogP contribution in [0.15, 0.2) is 29.7 Å². The van der Waals surface area contributed by atoms with Crippen LogP contribution in [0.25, 0.3) is 6.08 Å². The summed E-state index contributed by atoms with van der Waals surface area (Å²) in [6, 6.07) is 5.81. The summed E-state index contributed by atoms with van der Waals surface area (Å²) in [4.78, 5) is 11.7. The van der Waals surface area contributed by atoms with Gasteiger partial charge in [0.15, 0.2) is 0 Å². The molecule has 22 heavy (non-hydrogen) atoms. The van der Waals surface area contributed by atoms with E-state index in [0.717, 1.165) is 5.41 Å². The van der Waals surface area contributed by atoms with Gasteiger partial charge in [-0.15, -0.1) is 0 Å². The summed E-state index contributed by atoms with van der Waals surface area (Å²) in [6.45, 7) is 3.66. The van der Waals surface area contributed by atoms with Gasteiger partial charge in [-0.3, -0.25) is 4.79 Å². The van der Waals surface area contributed by atoms with Crippen molar-refractivity contribution in [2.24, 2.45) is 5.92 Å². The van der Waals surface area contributed by atoms with E-state index in [2.05, 4.69) is 9.46 Å². The lowest BCUT2D eigenvalue weighted by molar-refractivity contribution is -0.143. The zero-order valence-corrected chi connectivity index (χ0v) is 14.3. The van der Waals surface area contributed by atoms with Gasteiger partial charge in [0.05, 0.1) is 7.11 Å². The third kappa shape index (κ3) is 5.79. The van der Waals surface area contributed by atoms with E-state index >= 15 is 0 Å². The van der Waals surface area contributed by atoms with E-state index < -0.39 is 22.0 Å². The fraction of sp³-hybridized carbons (Fsp3) is 0.400. The molecule has 0 bridgehead atoms. The molecule has 0 radical (unpaired) electrons. The molecule has 0 aliphatic heterocycles. The lowest BCUT2D eigenvalue weighted by Crippen LogP contribution is -2.44. The molecule has 0 spiro atoms. The van der Waals surface area contributed by atoms with Crippen LogP contribution in [0, 0.1) is 5.92 Å². The quantitative estimate of drug-likeness (QED) is 0.771. The molecule has 0 heterocycles. The smallest absolute Gasteiger partial charge is 0.324 e. The molecule has 2 atom stereocenters. The van der Waals surface area contributed by atoms with Gasteiger partial charge in [-0.25, -0.2) is 8.42 Å². The molecule has 0 unspecified atom stereocenters. The van der Waals surface area contributed by atoms with Crippen molar-refractivity contribution in [2.45, 2.75) is 26.3 Å². The van der Waals surface area contributed by atoms with E-state index in [9.17, 15) is 13.2 Å². The van der Waals surface area contributed by atoms with E-state index in [-0.39, 0.29) is 5.92 Å². The molecule has 0 aliphatic carbocycles. The van der Waals surface area contributed by atoms with Gasteiger partial charge in [0.1, 0.15) is 6.04 Å². The highest BCUT2D eigenvalue weighted by molar-refractivity contribution is 7.92. The molecule has 1 aromatic rings. The number of halogens is 1. The Morgan fingerprint density at radius 2 is 1.95 bits per heavy atom. The minimum Gasteiger partial charge on any atom is -0.468 e. The molecule has 122 valence electrons. The molecule has 1 N–H and O–H groups in total. The number of esters is 1. The first-order chi connectivity index (χ1) is 10.3. The molecule has 0 saturated carbocycles. The normalized spacial score (nSPS) is 14.7. The molecular weight excluding hydrogens is 326 g/mol. The largest absolute Gasteiger partial charge is 0.468 e. The Bertz CT molecular complexity index is 625. The van der Waals surface area contributed by atoms with Crippen LogP contribution in [0.2, 0.25) is 5.02 Å². The average molecular weight is 346 g/mol. The lowest BCUT2D eigenvalue weighted by atomic mass is 10.0. The number of sulfonamides is 1. The SMILES string of the molecule is CC[C@H](C)[C@H](NS(=O)(=O)/C=C/c1ccc(Cl)cc1)C(=O)OC. The minimum absolute atomic E-state index is 0.175. The van der Waals surface area contributed by atoms with E-state index in [1.165, 1.54) is 13.2 Å². The number of ether oxygens (including phenoxy) is 1. The van der Waals surface area contributed by atoms with Crippen LogP contribution >= 0.6 is 11.6 Å². The average Bonchev–Trinajstić information content (AvgIpc) is 2.50. The van der Waals surface area contributed by atoms with Gasteiger partial charge < -0.3 is 4.74 Å². The first kappa shape index (κ1) is 18.7. The van der Waals surface area contributed by atoms with E-state index in [0.29, 0.717) is 17.0 Å². The predicted octanol–water partition coefficient (Wildman–Crippen LogP) is 2.82. The monoisotopic (exact) mass is 345 g/mol. The Morgan fingerprint density at radius 1 is 1.36 bits per heavy atom. The number of methoxy groups -OCH3 is 1. The van der Waals surface area contributed by atoms with Gasteiger partial charge in [0.25, 0.3) is 0 Å². The standard InChI is InChI=1S/C15H20ClNO4S/c1-4-11(2)14(15(18)21-3)17-22(19,20)10-9-12-5-7-13(16)8-6-12/h5-11,14,17H,4H2,1-3H3/b10-9+/t11-,14-/m0/s1. The van der Waals surface area contributed by atoms with Crippen molar-refractivity contribution >= 4 is 33.7 Å². The second-order valence-electron chi connectivity index (χ2n) is 4.90. The Labute approximate surface area is 136 Å². The lowest BCUT2D eigenvalue weighted by Gasteiger charge is -2.20. The van der Waals surface area contributed by atoms with Crippen LogP contribution in [0.4, 0.5) is 0 Å². The molecule has 7 heteroatoms. The number of rotatable bonds is 7. The molecule has 1 rings (SSSR count). The molecule has 0 amide bonds. The molecule has 0 aliphatic rings. The molecule has 0 aromatic heterocycles. The van der Waals surface area contributed by atoms with Crippen LogP contribution < -0.4 is 4.72 Å². The fourth-order valence-electron chi connectivity index (χ4n) is 1.72. The summed E-state index contributed by atoms with van der Waals surface area (Å²) >= 11 is 5.77. The zero-order chi connectivity index (χ0) is 16.8. The van der Waals surface area contributed by atoms with Crippen LogP contribution in [-0.4, -0.2) is 27.5 Å². The number of hydrogen-bond acceptors (Lipinski definition) is 4. The van der Waals surface area contributed by atoms with E-state index in [1.807, 2.05) is 6.92 Å². The number of benzene rings is 1. The Kier molecular flexibility index (Phi) is 7.06. The Morgan fingerprint density at radius 3 is 2.45 bits per heavy atom. The molecule has 5 nitrogen and oxygen atoms in total. The maximum absolute atomic E-state index is 12.1. The molecular formula is C15H20ClNO4S. The Hall–Kier alpha value is -1.37. The van der Waals surface area contributed by atoms with Gasteiger partial charge in [0, 0.05) is 10.4 Å². The third-order valence-electron chi connectivity index (χ3n) is 3.27. The third-order valence-corrected chi connectivity index (χ3v) is 4.60. The topological polar surface area (TPSA) is 72.5 Å². The highest BCUT2D eigenvalue weighted by Crippen LogP contribution is 2.13. The van der Waals surface area contributed by atoms with Crippen molar-refractivity contribution in [1.82, 2.24) is 4.72 Å².